The zero-order chi connectivity index (χ0) is 15.4. The maximum Gasteiger partial charge on any atom is 0.254 e. The van der Waals surface area contributed by atoms with Crippen LogP contribution in [0.15, 0.2) is 24.3 Å². The van der Waals surface area contributed by atoms with E-state index in [9.17, 15) is 9.18 Å². The van der Waals surface area contributed by atoms with E-state index in [0.717, 1.165) is 51.7 Å². The Kier molecular flexibility index (Phi) is 6.81. The zero-order valence-electron chi connectivity index (χ0n) is 13.3. The number of rotatable bonds is 3. The number of hydrogen-bond donors (Lipinski definition) is 1. The van der Waals surface area contributed by atoms with Crippen molar-refractivity contribution in [3.63, 3.8) is 0 Å². The Morgan fingerprint density at radius 2 is 2.04 bits per heavy atom. The van der Waals surface area contributed by atoms with Crippen LogP contribution in [0.5, 0.6) is 0 Å². The van der Waals surface area contributed by atoms with Crippen molar-refractivity contribution in [3.05, 3.63) is 35.6 Å². The smallest absolute Gasteiger partial charge is 0.254 e. The first-order valence-corrected chi connectivity index (χ1v) is 8.20. The summed E-state index contributed by atoms with van der Waals surface area (Å²) in [5.41, 5.74) is 0.449. The molecule has 2 fully saturated rings. The van der Waals surface area contributed by atoms with Gasteiger partial charge in [-0.25, -0.2) is 4.39 Å². The first-order chi connectivity index (χ1) is 10.7. The molecule has 0 radical (unpaired) electrons. The molecular weight excluding hydrogens is 317 g/mol. The van der Waals surface area contributed by atoms with Crippen molar-refractivity contribution in [3.8, 4) is 0 Å². The number of benzene rings is 1. The van der Waals surface area contributed by atoms with Gasteiger partial charge in [-0.2, -0.15) is 0 Å². The molecule has 23 heavy (non-hydrogen) atoms. The lowest BCUT2D eigenvalue weighted by Gasteiger charge is -2.37. The third-order valence-electron chi connectivity index (χ3n) is 4.65. The van der Waals surface area contributed by atoms with Gasteiger partial charge >= 0.3 is 0 Å². The topological polar surface area (TPSA) is 35.6 Å². The maximum atomic E-state index is 13.2. The summed E-state index contributed by atoms with van der Waals surface area (Å²) in [5, 5.41) is 3.45. The van der Waals surface area contributed by atoms with Crippen LogP contribution in [0.3, 0.4) is 0 Å². The van der Waals surface area contributed by atoms with Crippen LogP contribution in [0, 0.1) is 11.7 Å². The molecule has 0 spiro atoms. The molecule has 1 aromatic carbocycles. The summed E-state index contributed by atoms with van der Waals surface area (Å²) in [7, 11) is 0. The highest BCUT2D eigenvalue weighted by atomic mass is 35.5. The molecule has 0 aliphatic carbocycles. The van der Waals surface area contributed by atoms with Crippen LogP contribution in [-0.4, -0.2) is 61.5 Å². The summed E-state index contributed by atoms with van der Waals surface area (Å²) in [6, 6.07) is 5.97. The number of carbonyl (C=O) groups excluding carboxylic acids is 1. The van der Waals surface area contributed by atoms with E-state index in [-0.39, 0.29) is 24.1 Å². The number of piperazine rings is 1. The number of nitrogens with zero attached hydrogens (tertiary/aromatic N) is 2. The van der Waals surface area contributed by atoms with Crippen LogP contribution in [0.25, 0.3) is 0 Å². The second kappa shape index (κ2) is 8.62. The monoisotopic (exact) mass is 341 g/mol. The summed E-state index contributed by atoms with van der Waals surface area (Å²) in [5.74, 6) is 0.326. The van der Waals surface area contributed by atoms with Gasteiger partial charge < -0.3 is 10.2 Å². The summed E-state index contributed by atoms with van der Waals surface area (Å²) in [6.07, 6.45) is 2.57. The Morgan fingerprint density at radius 1 is 1.26 bits per heavy atom. The standard InChI is InChI=1S/C17H24FN3O.ClH/c18-16-5-1-4-15(11-16)17(22)21-9-7-20(8-10-21)13-14-3-2-6-19-12-14;/h1,4-5,11,14,19H,2-3,6-10,12-13H2;1H. The normalized spacial score (nSPS) is 22.5. The van der Waals surface area contributed by atoms with Crippen LogP contribution in [0.1, 0.15) is 23.2 Å². The molecule has 3 rings (SSSR count). The van der Waals surface area contributed by atoms with Crippen molar-refractivity contribution < 1.29 is 9.18 Å². The number of carbonyl (C=O) groups is 1. The van der Waals surface area contributed by atoms with Gasteiger partial charge in [-0.05, 0) is 50.0 Å². The van der Waals surface area contributed by atoms with Crippen LogP contribution >= 0.6 is 12.4 Å². The molecule has 4 nitrogen and oxygen atoms in total. The first-order valence-electron chi connectivity index (χ1n) is 8.20. The third kappa shape index (κ3) is 4.90. The van der Waals surface area contributed by atoms with Gasteiger partial charge in [0, 0.05) is 38.3 Å². The van der Waals surface area contributed by atoms with Gasteiger partial charge in [-0.3, -0.25) is 9.69 Å². The largest absolute Gasteiger partial charge is 0.336 e. The van der Waals surface area contributed by atoms with Crippen LogP contribution < -0.4 is 5.32 Å². The van der Waals surface area contributed by atoms with E-state index in [0.29, 0.717) is 5.56 Å². The lowest BCUT2D eigenvalue weighted by atomic mass is 9.99. The van der Waals surface area contributed by atoms with Crippen molar-refractivity contribution in [2.45, 2.75) is 12.8 Å². The highest BCUT2D eigenvalue weighted by Gasteiger charge is 2.24. The lowest BCUT2D eigenvalue weighted by molar-refractivity contribution is 0.0609. The molecule has 128 valence electrons. The van der Waals surface area contributed by atoms with Crippen molar-refractivity contribution in [2.24, 2.45) is 5.92 Å². The Hall–Kier alpha value is -1.17. The first kappa shape index (κ1) is 18.2. The van der Waals surface area contributed by atoms with Gasteiger partial charge in [0.15, 0.2) is 0 Å². The molecule has 1 aromatic rings. The van der Waals surface area contributed by atoms with Gasteiger partial charge in [-0.1, -0.05) is 6.07 Å². The van der Waals surface area contributed by atoms with Crippen LogP contribution in [-0.2, 0) is 0 Å². The Bertz CT molecular complexity index is 514. The number of nitrogens with one attached hydrogen (secondary N) is 1. The van der Waals surface area contributed by atoms with Crippen molar-refractivity contribution in [1.29, 1.82) is 0 Å². The fourth-order valence-corrected chi connectivity index (χ4v) is 3.38. The van der Waals surface area contributed by atoms with Crippen molar-refractivity contribution >= 4 is 18.3 Å². The number of amides is 1. The molecule has 2 saturated heterocycles. The summed E-state index contributed by atoms with van der Waals surface area (Å²) in [6.45, 7) is 6.67. The number of halogens is 2. The summed E-state index contributed by atoms with van der Waals surface area (Å²) < 4.78 is 13.2. The molecule has 2 heterocycles. The van der Waals surface area contributed by atoms with Crippen LogP contribution in [0.4, 0.5) is 4.39 Å². The number of piperidine rings is 1. The minimum Gasteiger partial charge on any atom is -0.336 e. The molecule has 0 bridgehead atoms. The van der Waals surface area contributed by atoms with E-state index in [4.69, 9.17) is 0 Å². The van der Waals surface area contributed by atoms with Crippen molar-refractivity contribution in [2.75, 3.05) is 45.8 Å². The molecule has 1 atom stereocenters. The van der Waals surface area contributed by atoms with Gasteiger partial charge in [0.2, 0.25) is 0 Å². The molecule has 0 aromatic heterocycles. The average Bonchev–Trinajstić information content (AvgIpc) is 2.56. The second-order valence-corrected chi connectivity index (χ2v) is 6.32. The van der Waals surface area contributed by atoms with E-state index in [1.807, 2.05) is 4.90 Å². The Morgan fingerprint density at radius 3 is 2.70 bits per heavy atom. The minimum atomic E-state index is -0.353. The van der Waals surface area contributed by atoms with Gasteiger partial charge in [0.25, 0.3) is 5.91 Å². The molecule has 6 heteroatoms. The highest BCUT2D eigenvalue weighted by molar-refractivity contribution is 5.94. The third-order valence-corrected chi connectivity index (χ3v) is 4.65. The molecule has 1 unspecified atom stereocenters. The fourth-order valence-electron chi connectivity index (χ4n) is 3.38. The molecule has 2 aliphatic heterocycles. The number of hydrogen-bond acceptors (Lipinski definition) is 3. The molecule has 0 saturated carbocycles. The van der Waals surface area contributed by atoms with E-state index in [2.05, 4.69) is 10.2 Å². The average molecular weight is 342 g/mol. The van der Waals surface area contributed by atoms with Gasteiger partial charge in [0.1, 0.15) is 5.82 Å². The minimum absolute atomic E-state index is 0. The fraction of sp³-hybridized carbons (Fsp3) is 0.588. The van der Waals surface area contributed by atoms with Crippen molar-refractivity contribution in [1.82, 2.24) is 15.1 Å². The molecule has 1 N–H and O–H groups in total. The molecule has 2 aliphatic rings. The van der Waals surface area contributed by atoms with E-state index < -0.39 is 0 Å². The molecular formula is C17H25ClFN3O. The van der Waals surface area contributed by atoms with E-state index in [1.165, 1.54) is 25.0 Å². The summed E-state index contributed by atoms with van der Waals surface area (Å²) >= 11 is 0. The van der Waals surface area contributed by atoms with Gasteiger partial charge in [-0.15, -0.1) is 12.4 Å². The van der Waals surface area contributed by atoms with Crippen LogP contribution in [0.2, 0.25) is 0 Å². The summed E-state index contributed by atoms with van der Waals surface area (Å²) in [4.78, 5) is 16.7. The SMILES string of the molecule is Cl.O=C(c1cccc(F)c1)N1CCN(CC2CCCNC2)CC1. The van der Waals surface area contributed by atoms with E-state index in [1.54, 1.807) is 12.1 Å². The maximum absolute atomic E-state index is 13.2. The Balaban J connectivity index is 0.00000192. The predicted octanol–water partition coefficient (Wildman–Crippen LogP) is 2.00. The Labute approximate surface area is 143 Å². The quantitative estimate of drug-likeness (QED) is 0.913. The lowest BCUT2D eigenvalue weighted by Crippen LogP contribution is -2.50. The second-order valence-electron chi connectivity index (χ2n) is 6.32. The highest BCUT2D eigenvalue weighted by Crippen LogP contribution is 2.15. The van der Waals surface area contributed by atoms with E-state index >= 15 is 0 Å². The zero-order valence-corrected chi connectivity index (χ0v) is 14.2. The van der Waals surface area contributed by atoms with Gasteiger partial charge in [0.05, 0.1) is 0 Å². The molecule has 1 amide bonds. The predicted molar refractivity (Wildman–Crippen MR) is 91.6 cm³/mol.